The maximum absolute atomic E-state index is 13.1. The van der Waals surface area contributed by atoms with Crippen LogP contribution in [0.1, 0.15) is 56.7 Å². The van der Waals surface area contributed by atoms with E-state index < -0.39 is 11.9 Å². The molecule has 186 valence electrons. The van der Waals surface area contributed by atoms with Crippen LogP contribution in [0.5, 0.6) is 0 Å². The molecular weight excluding hydrogens is 424 g/mol. The van der Waals surface area contributed by atoms with E-state index >= 15 is 0 Å². The summed E-state index contributed by atoms with van der Waals surface area (Å²) in [6, 6.07) is 4.94. The normalized spacial score (nSPS) is 24.3. The largest absolute Gasteiger partial charge is 0.481 e. The molecule has 0 unspecified atom stereocenters. The van der Waals surface area contributed by atoms with Gasteiger partial charge in [0.15, 0.2) is 0 Å². The summed E-state index contributed by atoms with van der Waals surface area (Å²) in [6.07, 6.45) is 5.04. The summed E-state index contributed by atoms with van der Waals surface area (Å²) < 4.78 is 2.09. The van der Waals surface area contributed by atoms with Crippen LogP contribution in [-0.2, 0) is 22.7 Å². The fourth-order valence-corrected chi connectivity index (χ4v) is 4.96. The minimum atomic E-state index is -0.833. The monoisotopic (exact) mass is 464 g/mol. The number of carbonyl (C=O) groups is 2. The van der Waals surface area contributed by atoms with Gasteiger partial charge in [-0.3, -0.25) is 19.3 Å². The number of likely N-dealkylation sites (N-methyl/N-ethyl adjacent to an activating group) is 1. The highest BCUT2D eigenvalue weighted by atomic mass is 16.4. The lowest BCUT2D eigenvalue weighted by molar-refractivity contribution is -0.135. The van der Waals surface area contributed by atoms with Gasteiger partial charge in [-0.05, 0) is 58.4 Å². The van der Waals surface area contributed by atoms with Crippen LogP contribution in [0.15, 0.2) is 16.9 Å². The molecule has 33 heavy (non-hydrogen) atoms. The molecule has 9 heteroatoms. The number of carboxylic acid groups (broad SMARTS) is 2. The van der Waals surface area contributed by atoms with Gasteiger partial charge in [-0.1, -0.05) is 12.5 Å². The molecule has 0 radical (unpaired) electrons. The molecule has 2 fully saturated rings. The Kier molecular flexibility index (Phi) is 10.5. The van der Waals surface area contributed by atoms with Gasteiger partial charge in [-0.2, -0.15) is 0 Å². The molecule has 3 aliphatic heterocycles. The maximum atomic E-state index is 13.1. The second kappa shape index (κ2) is 12.9. The van der Waals surface area contributed by atoms with Gasteiger partial charge in [0.05, 0.1) is 0 Å². The van der Waals surface area contributed by atoms with Gasteiger partial charge in [0, 0.05) is 63.2 Å². The van der Waals surface area contributed by atoms with Crippen LogP contribution >= 0.6 is 0 Å². The molecule has 3 N–H and O–H groups in total. The van der Waals surface area contributed by atoms with E-state index in [1.807, 2.05) is 0 Å². The number of likely N-dealkylation sites (tertiary alicyclic amines) is 1. The number of rotatable bonds is 3. The van der Waals surface area contributed by atoms with Crippen molar-refractivity contribution >= 4 is 11.9 Å². The van der Waals surface area contributed by atoms with E-state index in [4.69, 9.17) is 19.8 Å². The predicted octanol–water partition coefficient (Wildman–Crippen LogP) is 1.65. The molecule has 9 nitrogen and oxygen atoms in total. The van der Waals surface area contributed by atoms with Crippen LogP contribution in [0.2, 0.25) is 0 Å². The van der Waals surface area contributed by atoms with Crippen molar-refractivity contribution in [1.29, 1.82) is 0 Å². The third-order valence-corrected chi connectivity index (χ3v) is 6.44. The Balaban J connectivity index is 0.000000420. The smallest absolute Gasteiger partial charge is 0.300 e. The van der Waals surface area contributed by atoms with Gasteiger partial charge in [-0.25, -0.2) is 0 Å². The van der Waals surface area contributed by atoms with E-state index in [1.165, 1.54) is 31.4 Å². The lowest BCUT2D eigenvalue weighted by Crippen LogP contribution is -2.46. The SMILES string of the molecule is CC(=O)O.CC(=O)O.CN(C)[C@H]1CCCCN(Cc2ccc3n(c2=O)C[C@@H]2CNC[C@H]3C2)C1. The van der Waals surface area contributed by atoms with Crippen molar-refractivity contribution in [3.05, 3.63) is 33.7 Å². The molecule has 4 heterocycles. The van der Waals surface area contributed by atoms with Crippen molar-refractivity contribution in [2.45, 2.75) is 64.6 Å². The Labute approximate surface area is 196 Å². The minimum absolute atomic E-state index is 0.264. The van der Waals surface area contributed by atoms with E-state index in [2.05, 4.69) is 45.9 Å². The number of piperidine rings is 1. The van der Waals surface area contributed by atoms with Crippen LogP contribution in [0.4, 0.5) is 0 Å². The molecule has 0 saturated carbocycles. The average Bonchev–Trinajstić information content (AvgIpc) is 2.96. The number of pyridine rings is 1. The molecule has 4 rings (SSSR count). The third-order valence-electron chi connectivity index (χ3n) is 6.44. The third kappa shape index (κ3) is 8.57. The second-order valence-corrected chi connectivity index (χ2v) is 9.54. The number of aromatic nitrogens is 1. The number of carboxylic acids is 2. The first-order valence-corrected chi connectivity index (χ1v) is 11.8. The van der Waals surface area contributed by atoms with Crippen molar-refractivity contribution in [2.24, 2.45) is 5.92 Å². The zero-order valence-electron chi connectivity index (χ0n) is 20.4. The summed E-state index contributed by atoms with van der Waals surface area (Å²) in [5.74, 6) is -0.527. The highest BCUT2D eigenvalue weighted by Crippen LogP contribution is 2.31. The van der Waals surface area contributed by atoms with Gasteiger partial charge >= 0.3 is 0 Å². The molecule has 0 aliphatic carbocycles. The first kappa shape index (κ1) is 27.0. The predicted molar refractivity (Wildman–Crippen MR) is 128 cm³/mol. The first-order chi connectivity index (χ1) is 15.6. The van der Waals surface area contributed by atoms with Gasteiger partial charge in [0.25, 0.3) is 17.5 Å². The molecule has 2 saturated heterocycles. The van der Waals surface area contributed by atoms with Crippen LogP contribution in [0.25, 0.3) is 0 Å². The second-order valence-electron chi connectivity index (χ2n) is 9.54. The van der Waals surface area contributed by atoms with Gasteiger partial charge < -0.3 is 25.0 Å². The highest BCUT2D eigenvalue weighted by Gasteiger charge is 2.31. The first-order valence-electron chi connectivity index (χ1n) is 11.8. The number of hydrogen-bond acceptors (Lipinski definition) is 6. The molecule has 1 aromatic heterocycles. The summed E-state index contributed by atoms with van der Waals surface area (Å²) in [7, 11) is 4.35. The van der Waals surface area contributed by atoms with Gasteiger partial charge in [0.2, 0.25) is 0 Å². The lowest BCUT2D eigenvalue weighted by atomic mass is 9.84. The number of nitrogens with one attached hydrogen (secondary N) is 1. The fourth-order valence-electron chi connectivity index (χ4n) is 4.96. The van der Waals surface area contributed by atoms with E-state index in [-0.39, 0.29) is 5.56 Å². The Morgan fingerprint density at radius 3 is 2.39 bits per heavy atom. The molecule has 0 spiro atoms. The lowest BCUT2D eigenvalue weighted by Gasteiger charge is -2.37. The molecule has 1 aromatic rings. The quantitative estimate of drug-likeness (QED) is 0.619. The zero-order valence-corrected chi connectivity index (χ0v) is 20.4. The van der Waals surface area contributed by atoms with E-state index in [0.29, 0.717) is 17.9 Å². The van der Waals surface area contributed by atoms with Crippen LogP contribution in [0.3, 0.4) is 0 Å². The van der Waals surface area contributed by atoms with Crippen LogP contribution < -0.4 is 10.9 Å². The highest BCUT2D eigenvalue weighted by molar-refractivity contribution is 5.63. The molecule has 0 amide bonds. The molecule has 3 atom stereocenters. The van der Waals surface area contributed by atoms with Crippen molar-refractivity contribution in [3.63, 3.8) is 0 Å². The number of aliphatic carboxylic acids is 2. The van der Waals surface area contributed by atoms with Gasteiger partial charge in [0.1, 0.15) is 0 Å². The zero-order chi connectivity index (χ0) is 24.5. The minimum Gasteiger partial charge on any atom is -0.481 e. The van der Waals surface area contributed by atoms with Crippen molar-refractivity contribution in [3.8, 4) is 0 Å². The standard InChI is InChI=1S/C20H32N4O.2C2H4O2/c1-22(2)18-5-3-4-8-23(14-18)13-16-6-7-19-17-9-15(10-21-11-17)12-24(19)20(16)25;2*1-2(3)4/h6-7,15,17-18,21H,3-5,8-14H2,1-2H3;2*1H3,(H,3,4)/t15-,17+,18-;;/m0../s1. The Bertz CT molecular complexity index is 834. The van der Waals surface area contributed by atoms with Crippen molar-refractivity contribution in [1.82, 2.24) is 19.7 Å². The van der Waals surface area contributed by atoms with E-state index in [9.17, 15) is 4.79 Å². The van der Waals surface area contributed by atoms with E-state index in [0.717, 1.165) is 58.7 Å². The Morgan fingerprint density at radius 1 is 1.09 bits per heavy atom. The summed E-state index contributed by atoms with van der Waals surface area (Å²) >= 11 is 0. The van der Waals surface area contributed by atoms with Gasteiger partial charge in [-0.15, -0.1) is 0 Å². The number of nitrogens with zero attached hydrogens (tertiary/aromatic N) is 3. The summed E-state index contributed by atoms with van der Waals surface area (Å²) in [5, 5.41) is 18.4. The summed E-state index contributed by atoms with van der Waals surface area (Å²) in [4.78, 5) is 36.0. The summed E-state index contributed by atoms with van der Waals surface area (Å²) in [5.41, 5.74) is 2.50. The van der Waals surface area contributed by atoms with Crippen LogP contribution in [-0.4, -0.2) is 82.8 Å². The van der Waals surface area contributed by atoms with Crippen LogP contribution in [0, 0.1) is 5.92 Å². The van der Waals surface area contributed by atoms with Crippen molar-refractivity contribution in [2.75, 3.05) is 40.3 Å². The molecule has 3 aliphatic rings. The van der Waals surface area contributed by atoms with Crippen molar-refractivity contribution < 1.29 is 19.8 Å². The fraction of sp³-hybridized carbons (Fsp3) is 0.708. The Hall–Kier alpha value is -2.23. The Morgan fingerprint density at radius 2 is 1.76 bits per heavy atom. The maximum Gasteiger partial charge on any atom is 0.300 e. The number of hydrogen-bond donors (Lipinski definition) is 3. The van der Waals surface area contributed by atoms with E-state index in [1.54, 1.807) is 0 Å². The molecule has 2 bridgehead atoms. The molecular formula is C24H40N4O5. The average molecular weight is 465 g/mol. The number of fused-ring (bicyclic) bond motifs is 4. The summed E-state index contributed by atoms with van der Waals surface area (Å²) in [6.45, 7) is 8.13. The topological polar surface area (TPSA) is 115 Å². The molecule has 0 aromatic carbocycles.